The molecular formula is C18H27ClN4OS. The van der Waals surface area contributed by atoms with Crippen LogP contribution in [0.25, 0.3) is 0 Å². The minimum Gasteiger partial charge on any atom is -0.348 e. The van der Waals surface area contributed by atoms with Crippen LogP contribution in [0.15, 0.2) is 42.7 Å². The standard InChI is InChI=1S/C18H26N4OS.ClH/c1-24-13-9-16(19)18(23)21-14-17-20-10-12-22(17)11-5-8-15-6-3-2-4-7-15;/h2-4,6-7,10,12,16H,5,8-9,11,13-14,19H2,1H3,(H,21,23);1H/t16-;/m0./s1. The van der Waals surface area contributed by atoms with Crippen LogP contribution in [0.4, 0.5) is 0 Å². The van der Waals surface area contributed by atoms with E-state index in [2.05, 4.69) is 39.1 Å². The Kier molecular flexibility index (Phi) is 10.3. The molecule has 0 aliphatic heterocycles. The van der Waals surface area contributed by atoms with E-state index in [4.69, 9.17) is 5.73 Å². The highest BCUT2D eigenvalue weighted by molar-refractivity contribution is 7.98. The van der Waals surface area contributed by atoms with Crippen molar-refractivity contribution < 1.29 is 4.79 Å². The molecule has 0 saturated heterocycles. The quantitative estimate of drug-likeness (QED) is 0.662. The minimum absolute atomic E-state index is 0. The van der Waals surface area contributed by atoms with Gasteiger partial charge in [0.05, 0.1) is 12.6 Å². The molecule has 7 heteroatoms. The zero-order chi connectivity index (χ0) is 17.2. The predicted molar refractivity (Wildman–Crippen MR) is 107 cm³/mol. The van der Waals surface area contributed by atoms with Gasteiger partial charge in [0.15, 0.2) is 0 Å². The molecule has 138 valence electrons. The molecule has 0 aliphatic carbocycles. The maximum atomic E-state index is 12.0. The van der Waals surface area contributed by atoms with E-state index < -0.39 is 6.04 Å². The first-order valence-electron chi connectivity index (χ1n) is 8.27. The Labute approximate surface area is 160 Å². The summed E-state index contributed by atoms with van der Waals surface area (Å²) in [7, 11) is 0. The van der Waals surface area contributed by atoms with Gasteiger partial charge in [0.2, 0.25) is 5.91 Å². The molecule has 0 fully saturated rings. The lowest BCUT2D eigenvalue weighted by Crippen LogP contribution is -2.40. The summed E-state index contributed by atoms with van der Waals surface area (Å²) in [4.78, 5) is 16.3. The van der Waals surface area contributed by atoms with Crippen LogP contribution >= 0.6 is 24.2 Å². The number of aromatic nitrogens is 2. The highest BCUT2D eigenvalue weighted by atomic mass is 35.5. The lowest BCUT2D eigenvalue weighted by molar-refractivity contribution is -0.122. The molecule has 1 amide bonds. The number of nitrogens with zero attached hydrogens (tertiary/aromatic N) is 2. The van der Waals surface area contributed by atoms with Crippen LogP contribution in [0.1, 0.15) is 24.2 Å². The van der Waals surface area contributed by atoms with Crippen LogP contribution in [0, 0.1) is 0 Å². The molecule has 2 rings (SSSR count). The summed E-state index contributed by atoms with van der Waals surface area (Å²) >= 11 is 1.70. The van der Waals surface area contributed by atoms with Gasteiger partial charge < -0.3 is 15.6 Å². The third-order valence-corrected chi connectivity index (χ3v) is 4.54. The van der Waals surface area contributed by atoms with E-state index in [0.29, 0.717) is 13.0 Å². The lowest BCUT2D eigenvalue weighted by Gasteiger charge is -2.12. The summed E-state index contributed by atoms with van der Waals surface area (Å²) in [5, 5.41) is 2.89. The normalized spacial score (nSPS) is 11.6. The van der Waals surface area contributed by atoms with Gasteiger partial charge in [0, 0.05) is 18.9 Å². The molecule has 3 N–H and O–H groups in total. The summed E-state index contributed by atoms with van der Waals surface area (Å²) < 4.78 is 2.09. The van der Waals surface area contributed by atoms with Crippen LogP contribution < -0.4 is 11.1 Å². The molecule has 25 heavy (non-hydrogen) atoms. The SMILES string of the molecule is CSCC[C@H](N)C(=O)NCc1nccn1CCCc1ccccc1.Cl. The van der Waals surface area contributed by atoms with Crippen LogP contribution in [0.2, 0.25) is 0 Å². The summed E-state index contributed by atoms with van der Waals surface area (Å²) in [6.07, 6.45) is 8.51. The number of carbonyl (C=O) groups excluding carboxylic acids is 1. The first kappa shape index (κ1) is 21.5. The smallest absolute Gasteiger partial charge is 0.237 e. The first-order valence-corrected chi connectivity index (χ1v) is 9.66. The second-order valence-corrected chi connectivity index (χ2v) is 6.72. The Bertz CT molecular complexity index is 621. The van der Waals surface area contributed by atoms with Gasteiger partial charge in [-0.1, -0.05) is 30.3 Å². The third-order valence-electron chi connectivity index (χ3n) is 3.90. The van der Waals surface area contributed by atoms with Crippen molar-refractivity contribution in [1.82, 2.24) is 14.9 Å². The fourth-order valence-electron chi connectivity index (χ4n) is 2.48. The van der Waals surface area contributed by atoms with Crippen molar-refractivity contribution in [3.05, 3.63) is 54.1 Å². The molecule has 1 heterocycles. The molecule has 0 unspecified atom stereocenters. The number of aryl methyl sites for hydroxylation is 2. The largest absolute Gasteiger partial charge is 0.348 e. The number of benzene rings is 1. The molecule has 1 aromatic carbocycles. The van der Waals surface area contributed by atoms with Gasteiger partial charge in [-0.2, -0.15) is 11.8 Å². The zero-order valence-corrected chi connectivity index (χ0v) is 16.2. The van der Waals surface area contributed by atoms with E-state index in [1.165, 1.54) is 5.56 Å². The molecule has 0 spiro atoms. The first-order chi connectivity index (χ1) is 11.7. The molecule has 0 aliphatic rings. The Morgan fingerprint density at radius 1 is 1.36 bits per heavy atom. The molecule has 0 saturated carbocycles. The van der Waals surface area contributed by atoms with Crippen molar-refractivity contribution in [2.45, 2.75) is 38.4 Å². The van der Waals surface area contributed by atoms with Crippen molar-refractivity contribution in [2.75, 3.05) is 12.0 Å². The molecule has 0 radical (unpaired) electrons. The number of imidazole rings is 1. The van der Waals surface area contributed by atoms with E-state index in [-0.39, 0.29) is 18.3 Å². The Morgan fingerprint density at radius 3 is 2.84 bits per heavy atom. The fraction of sp³-hybridized carbons (Fsp3) is 0.444. The van der Waals surface area contributed by atoms with Crippen molar-refractivity contribution in [3.8, 4) is 0 Å². The van der Waals surface area contributed by atoms with Crippen molar-refractivity contribution in [3.63, 3.8) is 0 Å². The number of hydrogen-bond acceptors (Lipinski definition) is 4. The van der Waals surface area contributed by atoms with E-state index in [1.807, 2.05) is 18.5 Å². The Morgan fingerprint density at radius 2 is 2.12 bits per heavy atom. The van der Waals surface area contributed by atoms with Gasteiger partial charge >= 0.3 is 0 Å². The Hall–Kier alpha value is -1.50. The van der Waals surface area contributed by atoms with Crippen molar-refractivity contribution in [1.29, 1.82) is 0 Å². The summed E-state index contributed by atoms with van der Waals surface area (Å²) in [6.45, 7) is 1.31. The highest BCUT2D eigenvalue weighted by Gasteiger charge is 2.13. The highest BCUT2D eigenvalue weighted by Crippen LogP contribution is 2.06. The van der Waals surface area contributed by atoms with E-state index >= 15 is 0 Å². The number of hydrogen-bond donors (Lipinski definition) is 2. The second-order valence-electron chi connectivity index (χ2n) is 5.73. The van der Waals surface area contributed by atoms with Crippen molar-refractivity contribution in [2.24, 2.45) is 5.73 Å². The van der Waals surface area contributed by atoms with E-state index in [1.54, 1.807) is 18.0 Å². The molecule has 1 atom stereocenters. The molecule has 2 aromatic rings. The summed E-state index contributed by atoms with van der Waals surface area (Å²) in [6, 6.07) is 10.0. The predicted octanol–water partition coefficient (Wildman–Crippen LogP) is 2.63. The molecule has 5 nitrogen and oxygen atoms in total. The van der Waals surface area contributed by atoms with Gasteiger partial charge in [-0.05, 0) is 36.8 Å². The summed E-state index contributed by atoms with van der Waals surface area (Å²) in [5.41, 5.74) is 7.21. The third kappa shape index (κ3) is 7.50. The topological polar surface area (TPSA) is 72.9 Å². The maximum Gasteiger partial charge on any atom is 0.237 e. The minimum atomic E-state index is -0.445. The van der Waals surface area contributed by atoms with Gasteiger partial charge in [-0.3, -0.25) is 4.79 Å². The molecule has 1 aromatic heterocycles. The number of nitrogens with two attached hydrogens (primary N) is 1. The monoisotopic (exact) mass is 382 g/mol. The van der Waals surface area contributed by atoms with Gasteiger partial charge in [-0.15, -0.1) is 12.4 Å². The Balaban J connectivity index is 0.00000312. The zero-order valence-electron chi connectivity index (χ0n) is 14.6. The van der Waals surface area contributed by atoms with Crippen LogP contribution in [-0.4, -0.2) is 33.5 Å². The number of nitrogens with one attached hydrogen (secondary N) is 1. The van der Waals surface area contributed by atoms with Gasteiger partial charge in [0.1, 0.15) is 5.82 Å². The van der Waals surface area contributed by atoms with E-state index in [9.17, 15) is 4.79 Å². The van der Waals surface area contributed by atoms with Gasteiger partial charge in [0.25, 0.3) is 0 Å². The average molecular weight is 383 g/mol. The fourth-order valence-corrected chi connectivity index (χ4v) is 2.97. The van der Waals surface area contributed by atoms with E-state index in [0.717, 1.165) is 31.0 Å². The van der Waals surface area contributed by atoms with Crippen molar-refractivity contribution >= 4 is 30.1 Å². The number of halogens is 1. The lowest BCUT2D eigenvalue weighted by atomic mass is 10.1. The molecule has 0 bridgehead atoms. The van der Waals surface area contributed by atoms with Crippen LogP contribution in [0.3, 0.4) is 0 Å². The van der Waals surface area contributed by atoms with Crippen LogP contribution in [0.5, 0.6) is 0 Å². The van der Waals surface area contributed by atoms with Crippen LogP contribution in [-0.2, 0) is 24.3 Å². The maximum absolute atomic E-state index is 12.0. The molecular weight excluding hydrogens is 356 g/mol. The number of rotatable bonds is 10. The number of thioether (sulfide) groups is 1. The number of amides is 1. The average Bonchev–Trinajstić information content (AvgIpc) is 3.06. The summed E-state index contributed by atoms with van der Waals surface area (Å²) in [5.74, 6) is 1.65. The van der Waals surface area contributed by atoms with Gasteiger partial charge in [-0.25, -0.2) is 4.98 Å². The number of carbonyl (C=O) groups is 1. The second kappa shape index (κ2) is 12.0.